The predicted molar refractivity (Wildman–Crippen MR) is 102 cm³/mol. The molecule has 0 aromatic heterocycles. The van der Waals surface area contributed by atoms with Crippen molar-refractivity contribution in [3.05, 3.63) is 0 Å². The van der Waals surface area contributed by atoms with Crippen molar-refractivity contribution in [2.45, 2.75) is 85.5 Å². The summed E-state index contributed by atoms with van der Waals surface area (Å²) in [6.07, 6.45) is 9.97. The Bertz CT molecular complexity index is 339. The molecule has 0 saturated heterocycles. The molecule has 2 atom stereocenters. The van der Waals surface area contributed by atoms with Crippen molar-refractivity contribution in [2.75, 3.05) is 13.7 Å². The average molecular weight is 357 g/mol. The van der Waals surface area contributed by atoms with Crippen molar-refractivity contribution in [1.82, 2.24) is 0 Å². The fourth-order valence-corrected chi connectivity index (χ4v) is 3.53. The van der Waals surface area contributed by atoms with Gasteiger partial charge in [-0.25, -0.2) is 0 Å². The number of ether oxygens (including phenoxy) is 2. The van der Waals surface area contributed by atoms with Crippen molar-refractivity contribution in [1.29, 1.82) is 0 Å². The molecule has 25 heavy (non-hydrogen) atoms. The SMILES string of the molecule is COC(=O)C(CCCCCCCC(COC=O)CC(C)C)CC(C)C. The van der Waals surface area contributed by atoms with E-state index in [1.165, 1.54) is 32.8 Å². The maximum Gasteiger partial charge on any atom is 0.308 e. The Hall–Kier alpha value is -1.06. The third kappa shape index (κ3) is 13.9. The predicted octanol–water partition coefficient (Wildman–Crippen LogP) is 5.39. The van der Waals surface area contributed by atoms with Crippen LogP contribution in [0.3, 0.4) is 0 Å². The maximum atomic E-state index is 11.8. The van der Waals surface area contributed by atoms with Crippen LogP contribution in [0.1, 0.15) is 85.5 Å². The highest BCUT2D eigenvalue weighted by atomic mass is 16.5. The molecule has 0 saturated carbocycles. The van der Waals surface area contributed by atoms with Gasteiger partial charge in [-0.2, -0.15) is 0 Å². The van der Waals surface area contributed by atoms with E-state index in [-0.39, 0.29) is 11.9 Å². The van der Waals surface area contributed by atoms with E-state index >= 15 is 0 Å². The van der Waals surface area contributed by atoms with Gasteiger partial charge in [-0.05, 0) is 43.4 Å². The standard InChI is InChI=1S/C21H40O4/c1-17(2)13-19(15-25-16-22)11-9-7-6-8-10-12-20(14-18(3)4)21(23)24-5/h16-20H,6-15H2,1-5H3. The average Bonchev–Trinajstić information content (AvgIpc) is 2.55. The highest BCUT2D eigenvalue weighted by molar-refractivity contribution is 5.72. The summed E-state index contributed by atoms with van der Waals surface area (Å²) in [6, 6.07) is 0. The van der Waals surface area contributed by atoms with Crippen LogP contribution in [0.2, 0.25) is 0 Å². The molecule has 0 amide bonds. The van der Waals surface area contributed by atoms with Gasteiger partial charge in [0.15, 0.2) is 0 Å². The van der Waals surface area contributed by atoms with Crippen molar-refractivity contribution in [3.8, 4) is 0 Å². The first kappa shape index (κ1) is 23.9. The molecule has 0 aliphatic carbocycles. The lowest BCUT2D eigenvalue weighted by atomic mass is 9.91. The zero-order valence-electron chi connectivity index (χ0n) is 17.1. The molecule has 0 rings (SSSR count). The summed E-state index contributed by atoms with van der Waals surface area (Å²) >= 11 is 0. The summed E-state index contributed by atoms with van der Waals surface area (Å²) in [5.74, 6) is 1.65. The summed E-state index contributed by atoms with van der Waals surface area (Å²) in [5.41, 5.74) is 0. The van der Waals surface area contributed by atoms with E-state index in [0.717, 1.165) is 32.1 Å². The van der Waals surface area contributed by atoms with Gasteiger partial charge < -0.3 is 9.47 Å². The number of unbranched alkanes of at least 4 members (excludes halogenated alkanes) is 4. The van der Waals surface area contributed by atoms with Crippen LogP contribution in [0.4, 0.5) is 0 Å². The van der Waals surface area contributed by atoms with Gasteiger partial charge in [0, 0.05) is 0 Å². The third-order valence-electron chi connectivity index (χ3n) is 4.66. The molecule has 0 radical (unpaired) electrons. The lowest BCUT2D eigenvalue weighted by Gasteiger charge is -2.18. The Morgan fingerprint density at radius 1 is 0.880 bits per heavy atom. The van der Waals surface area contributed by atoms with Crippen molar-refractivity contribution in [2.24, 2.45) is 23.7 Å². The van der Waals surface area contributed by atoms with E-state index < -0.39 is 0 Å². The molecule has 0 N–H and O–H groups in total. The zero-order valence-corrected chi connectivity index (χ0v) is 17.1. The first-order valence-electron chi connectivity index (χ1n) is 10.0. The van der Waals surface area contributed by atoms with E-state index in [9.17, 15) is 9.59 Å². The molecule has 2 unspecified atom stereocenters. The Balaban J connectivity index is 3.87. The quantitative estimate of drug-likeness (QED) is 0.211. The van der Waals surface area contributed by atoms with Crippen LogP contribution < -0.4 is 0 Å². The highest BCUT2D eigenvalue weighted by Gasteiger charge is 2.19. The molecule has 0 aromatic rings. The van der Waals surface area contributed by atoms with E-state index in [1.807, 2.05) is 0 Å². The number of methoxy groups -OCH3 is 1. The van der Waals surface area contributed by atoms with Gasteiger partial charge in [-0.1, -0.05) is 59.8 Å². The normalized spacial score (nSPS) is 13.7. The summed E-state index contributed by atoms with van der Waals surface area (Å²) in [4.78, 5) is 22.2. The van der Waals surface area contributed by atoms with E-state index in [0.29, 0.717) is 30.8 Å². The third-order valence-corrected chi connectivity index (χ3v) is 4.66. The molecule has 0 aliphatic rings. The second kappa shape index (κ2) is 15.2. The molecule has 0 fully saturated rings. The van der Waals surface area contributed by atoms with Crippen LogP contribution in [0.15, 0.2) is 0 Å². The lowest BCUT2D eigenvalue weighted by Crippen LogP contribution is -2.18. The minimum atomic E-state index is -0.0552. The minimum absolute atomic E-state index is 0.0552. The number of hydrogen-bond acceptors (Lipinski definition) is 4. The van der Waals surface area contributed by atoms with Crippen LogP contribution >= 0.6 is 0 Å². The number of rotatable bonds is 16. The molecule has 4 nitrogen and oxygen atoms in total. The molecule has 0 spiro atoms. The van der Waals surface area contributed by atoms with Gasteiger partial charge in [0.1, 0.15) is 0 Å². The van der Waals surface area contributed by atoms with Crippen LogP contribution in [0.25, 0.3) is 0 Å². The smallest absolute Gasteiger partial charge is 0.308 e. The Morgan fingerprint density at radius 3 is 1.96 bits per heavy atom. The molecule has 0 bridgehead atoms. The summed E-state index contributed by atoms with van der Waals surface area (Å²) in [5, 5.41) is 0. The fraction of sp³-hybridized carbons (Fsp3) is 0.905. The van der Waals surface area contributed by atoms with Crippen molar-refractivity contribution < 1.29 is 19.1 Å². The number of carbonyl (C=O) groups excluding carboxylic acids is 2. The van der Waals surface area contributed by atoms with Gasteiger partial charge >= 0.3 is 5.97 Å². The lowest BCUT2D eigenvalue weighted by molar-refractivity contribution is -0.146. The Kier molecular flexibility index (Phi) is 14.6. The molecular formula is C21H40O4. The fourth-order valence-electron chi connectivity index (χ4n) is 3.53. The maximum absolute atomic E-state index is 11.8. The zero-order chi connectivity index (χ0) is 19.1. The molecule has 148 valence electrons. The topological polar surface area (TPSA) is 52.6 Å². The van der Waals surface area contributed by atoms with Crippen molar-refractivity contribution >= 4 is 12.4 Å². The van der Waals surface area contributed by atoms with E-state index in [1.54, 1.807) is 0 Å². The molecule has 0 aromatic carbocycles. The van der Waals surface area contributed by atoms with E-state index in [2.05, 4.69) is 27.7 Å². The molecule has 4 heteroatoms. The van der Waals surface area contributed by atoms with Gasteiger partial charge in [0.2, 0.25) is 0 Å². The molecule has 0 heterocycles. The largest absolute Gasteiger partial charge is 0.469 e. The first-order chi connectivity index (χ1) is 11.9. The molecule has 0 aliphatic heterocycles. The van der Waals surface area contributed by atoms with Crippen LogP contribution in [0.5, 0.6) is 0 Å². The van der Waals surface area contributed by atoms with E-state index in [4.69, 9.17) is 9.47 Å². The first-order valence-corrected chi connectivity index (χ1v) is 10.0. The van der Waals surface area contributed by atoms with Gasteiger partial charge in [0.25, 0.3) is 6.47 Å². The summed E-state index contributed by atoms with van der Waals surface area (Å²) < 4.78 is 9.88. The number of carbonyl (C=O) groups is 2. The van der Waals surface area contributed by atoms with Crippen molar-refractivity contribution in [3.63, 3.8) is 0 Å². The minimum Gasteiger partial charge on any atom is -0.469 e. The highest BCUT2D eigenvalue weighted by Crippen LogP contribution is 2.22. The number of esters is 1. The van der Waals surface area contributed by atoms with Crippen LogP contribution in [0, 0.1) is 23.7 Å². The van der Waals surface area contributed by atoms with Crippen LogP contribution in [-0.4, -0.2) is 26.2 Å². The number of hydrogen-bond donors (Lipinski definition) is 0. The van der Waals surface area contributed by atoms with Gasteiger partial charge in [0.05, 0.1) is 19.6 Å². The Labute approximate surface area is 155 Å². The Morgan fingerprint density at radius 2 is 1.44 bits per heavy atom. The second-order valence-corrected chi connectivity index (χ2v) is 8.12. The van der Waals surface area contributed by atoms with Crippen LogP contribution in [-0.2, 0) is 19.1 Å². The monoisotopic (exact) mass is 356 g/mol. The van der Waals surface area contributed by atoms with Gasteiger partial charge in [-0.15, -0.1) is 0 Å². The second-order valence-electron chi connectivity index (χ2n) is 8.12. The molecular weight excluding hydrogens is 316 g/mol. The van der Waals surface area contributed by atoms with Gasteiger partial charge in [-0.3, -0.25) is 9.59 Å². The summed E-state index contributed by atoms with van der Waals surface area (Å²) in [7, 11) is 1.48. The summed E-state index contributed by atoms with van der Waals surface area (Å²) in [6.45, 7) is 9.83.